The van der Waals surface area contributed by atoms with E-state index in [2.05, 4.69) is 15.7 Å². The highest BCUT2D eigenvalue weighted by molar-refractivity contribution is 6.34. The van der Waals surface area contributed by atoms with Crippen molar-refractivity contribution in [3.05, 3.63) is 76.3 Å². The highest BCUT2D eigenvalue weighted by Crippen LogP contribution is 2.24. The van der Waals surface area contributed by atoms with E-state index in [0.717, 1.165) is 25.7 Å². The quantitative estimate of drug-likeness (QED) is 0.550. The van der Waals surface area contributed by atoms with Gasteiger partial charge < -0.3 is 10.6 Å². The fourth-order valence-corrected chi connectivity index (χ4v) is 4.19. The van der Waals surface area contributed by atoms with Gasteiger partial charge in [0.05, 0.1) is 28.0 Å². The van der Waals surface area contributed by atoms with E-state index >= 15 is 0 Å². The fourth-order valence-electron chi connectivity index (χ4n) is 3.98. The van der Waals surface area contributed by atoms with Gasteiger partial charge in [-0.05, 0) is 50.1 Å². The number of carbonyl (C=O) groups excluding carboxylic acids is 2. The highest BCUT2D eigenvalue weighted by atomic mass is 35.5. The Labute approximate surface area is 190 Å². The van der Waals surface area contributed by atoms with Crippen molar-refractivity contribution in [1.82, 2.24) is 15.1 Å². The molecule has 1 aliphatic rings. The lowest BCUT2D eigenvalue weighted by molar-refractivity contribution is 0.0926. The Balaban J connectivity index is 1.51. The lowest BCUT2D eigenvalue weighted by Gasteiger charge is -2.23. The summed E-state index contributed by atoms with van der Waals surface area (Å²) in [6, 6.07) is 11.2. The molecule has 0 spiro atoms. The van der Waals surface area contributed by atoms with Gasteiger partial charge in [0.2, 0.25) is 0 Å². The van der Waals surface area contributed by atoms with E-state index in [1.165, 1.54) is 23.4 Å². The van der Waals surface area contributed by atoms with E-state index in [1.54, 1.807) is 43.3 Å². The fraction of sp³-hybridized carbons (Fsp3) is 0.292. The molecule has 1 saturated carbocycles. The van der Waals surface area contributed by atoms with Crippen molar-refractivity contribution in [3.8, 4) is 5.69 Å². The van der Waals surface area contributed by atoms with Crippen LogP contribution in [0.25, 0.3) is 5.69 Å². The molecular weight excluding hydrogens is 431 g/mol. The van der Waals surface area contributed by atoms with Gasteiger partial charge in [0.1, 0.15) is 11.5 Å². The molecule has 1 fully saturated rings. The molecule has 0 unspecified atom stereocenters. The van der Waals surface area contributed by atoms with Crippen molar-refractivity contribution in [1.29, 1.82) is 0 Å². The van der Waals surface area contributed by atoms with Crippen LogP contribution in [0.4, 0.5) is 10.1 Å². The second-order valence-corrected chi connectivity index (χ2v) is 8.37. The largest absolute Gasteiger partial charge is 0.349 e. The standard InChI is InChI=1S/C24H24ClFN4O2/c1-15-19(14-27-30(15)22-10-6-5-9-21(22)26)24(32)29-17-11-12-20(25)18(13-17)23(31)28-16-7-3-2-4-8-16/h5-6,9-14,16H,2-4,7-8H2,1H3,(H,28,31)(H,29,32). The molecule has 8 heteroatoms. The lowest BCUT2D eigenvalue weighted by Crippen LogP contribution is -2.36. The molecule has 166 valence electrons. The van der Waals surface area contributed by atoms with Crippen LogP contribution in [-0.4, -0.2) is 27.6 Å². The lowest BCUT2D eigenvalue weighted by atomic mass is 9.95. The Morgan fingerprint density at radius 3 is 2.56 bits per heavy atom. The number of benzene rings is 2. The third kappa shape index (κ3) is 4.67. The van der Waals surface area contributed by atoms with Crippen molar-refractivity contribution in [2.45, 2.75) is 45.1 Å². The van der Waals surface area contributed by atoms with Crippen LogP contribution in [0, 0.1) is 12.7 Å². The third-order valence-corrected chi connectivity index (χ3v) is 6.07. The molecule has 3 aromatic rings. The molecule has 1 aromatic heterocycles. The number of halogens is 2. The number of carbonyl (C=O) groups is 2. The monoisotopic (exact) mass is 454 g/mol. The van der Waals surface area contributed by atoms with Gasteiger partial charge in [-0.3, -0.25) is 9.59 Å². The topological polar surface area (TPSA) is 76.0 Å². The van der Waals surface area contributed by atoms with Crippen LogP contribution in [-0.2, 0) is 0 Å². The molecule has 1 heterocycles. The summed E-state index contributed by atoms with van der Waals surface area (Å²) in [6.07, 6.45) is 6.73. The molecule has 4 rings (SSSR count). The summed E-state index contributed by atoms with van der Waals surface area (Å²) in [6.45, 7) is 1.69. The molecule has 2 amide bonds. The van der Waals surface area contributed by atoms with Crippen LogP contribution < -0.4 is 10.6 Å². The van der Waals surface area contributed by atoms with Crippen LogP contribution >= 0.6 is 11.6 Å². The molecule has 0 saturated heterocycles. The summed E-state index contributed by atoms with van der Waals surface area (Å²) < 4.78 is 15.5. The molecule has 0 radical (unpaired) electrons. The number of nitrogens with zero attached hydrogens (tertiary/aromatic N) is 2. The smallest absolute Gasteiger partial charge is 0.259 e. The molecular formula is C24H24ClFN4O2. The zero-order valence-corrected chi connectivity index (χ0v) is 18.5. The number of hydrogen-bond donors (Lipinski definition) is 2. The minimum Gasteiger partial charge on any atom is -0.349 e. The number of rotatable bonds is 5. The third-order valence-electron chi connectivity index (χ3n) is 5.74. The first-order chi connectivity index (χ1) is 15.4. The molecule has 1 aliphatic carbocycles. The highest BCUT2D eigenvalue weighted by Gasteiger charge is 2.20. The predicted molar refractivity (Wildman–Crippen MR) is 122 cm³/mol. The van der Waals surface area contributed by atoms with E-state index in [0.29, 0.717) is 27.5 Å². The summed E-state index contributed by atoms with van der Waals surface area (Å²) >= 11 is 6.25. The molecule has 0 aliphatic heterocycles. The summed E-state index contributed by atoms with van der Waals surface area (Å²) in [5, 5.41) is 10.3. The Morgan fingerprint density at radius 2 is 1.81 bits per heavy atom. The normalized spacial score (nSPS) is 14.2. The van der Waals surface area contributed by atoms with Crippen LogP contribution in [0.5, 0.6) is 0 Å². The maximum atomic E-state index is 14.1. The number of anilines is 1. The first kappa shape index (κ1) is 22.0. The Morgan fingerprint density at radius 1 is 1.06 bits per heavy atom. The number of amides is 2. The van der Waals surface area contributed by atoms with Gasteiger partial charge >= 0.3 is 0 Å². The van der Waals surface area contributed by atoms with Crippen molar-refractivity contribution >= 4 is 29.1 Å². The van der Waals surface area contributed by atoms with Crippen molar-refractivity contribution in [3.63, 3.8) is 0 Å². The Bertz CT molecular complexity index is 1150. The van der Waals surface area contributed by atoms with Crippen LogP contribution in [0.15, 0.2) is 48.7 Å². The van der Waals surface area contributed by atoms with Gasteiger partial charge in [0.25, 0.3) is 11.8 Å². The molecule has 0 bridgehead atoms. The summed E-state index contributed by atoms with van der Waals surface area (Å²) in [4.78, 5) is 25.6. The number of para-hydroxylation sites is 1. The van der Waals surface area contributed by atoms with Crippen LogP contribution in [0.2, 0.25) is 5.02 Å². The minimum atomic E-state index is -0.433. The predicted octanol–water partition coefficient (Wildman–Crippen LogP) is 5.29. The zero-order valence-electron chi connectivity index (χ0n) is 17.7. The average Bonchev–Trinajstić information content (AvgIpc) is 3.17. The van der Waals surface area contributed by atoms with E-state index < -0.39 is 11.7 Å². The maximum absolute atomic E-state index is 14.1. The van der Waals surface area contributed by atoms with E-state index in [9.17, 15) is 14.0 Å². The van der Waals surface area contributed by atoms with Crippen molar-refractivity contribution in [2.75, 3.05) is 5.32 Å². The second kappa shape index (κ2) is 9.53. The summed E-state index contributed by atoms with van der Waals surface area (Å²) in [5.41, 5.74) is 1.81. The molecule has 32 heavy (non-hydrogen) atoms. The van der Waals surface area contributed by atoms with Gasteiger partial charge in [0, 0.05) is 11.7 Å². The molecule has 2 N–H and O–H groups in total. The van der Waals surface area contributed by atoms with Crippen LogP contribution in [0.1, 0.15) is 58.5 Å². The van der Waals surface area contributed by atoms with E-state index in [-0.39, 0.29) is 17.6 Å². The number of nitrogens with one attached hydrogen (secondary N) is 2. The van der Waals surface area contributed by atoms with Gasteiger partial charge in [0.15, 0.2) is 0 Å². The first-order valence-electron chi connectivity index (χ1n) is 10.7. The average molecular weight is 455 g/mol. The summed E-state index contributed by atoms with van der Waals surface area (Å²) in [7, 11) is 0. The van der Waals surface area contributed by atoms with Crippen LogP contribution in [0.3, 0.4) is 0 Å². The zero-order chi connectivity index (χ0) is 22.7. The SMILES string of the molecule is Cc1c(C(=O)Nc2ccc(Cl)c(C(=O)NC3CCCCC3)c2)cnn1-c1ccccc1F. The molecule has 2 aromatic carbocycles. The van der Waals surface area contributed by atoms with Gasteiger partial charge in [-0.1, -0.05) is 43.0 Å². The number of aromatic nitrogens is 2. The van der Waals surface area contributed by atoms with E-state index in [1.807, 2.05) is 0 Å². The van der Waals surface area contributed by atoms with Crippen molar-refractivity contribution < 1.29 is 14.0 Å². The summed E-state index contributed by atoms with van der Waals surface area (Å²) in [5.74, 6) is -1.09. The molecule has 0 atom stereocenters. The minimum absolute atomic E-state index is 0.150. The second-order valence-electron chi connectivity index (χ2n) is 7.96. The first-order valence-corrected chi connectivity index (χ1v) is 11.0. The maximum Gasteiger partial charge on any atom is 0.259 e. The Kier molecular flexibility index (Phi) is 6.55. The van der Waals surface area contributed by atoms with Gasteiger partial charge in [-0.15, -0.1) is 0 Å². The number of hydrogen-bond acceptors (Lipinski definition) is 3. The van der Waals surface area contributed by atoms with Gasteiger partial charge in [-0.2, -0.15) is 5.10 Å². The van der Waals surface area contributed by atoms with Gasteiger partial charge in [-0.25, -0.2) is 9.07 Å². The molecule has 6 nitrogen and oxygen atoms in total. The Hall–Kier alpha value is -3.19. The van der Waals surface area contributed by atoms with E-state index in [4.69, 9.17) is 11.6 Å². The van der Waals surface area contributed by atoms with Crippen molar-refractivity contribution in [2.24, 2.45) is 0 Å².